The number of nitro groups is 1. The highest BCUT2D eigenvalue weighted by Gasteiger charge is 2.33. The van der Waals surface area contributed by atoms with Gasteiger partial charge in [0, 0.05) is 13.1 Å². The summed E-state index contributed by atoms with van der Waals surface area (Å²) in [6.45, 7) is 3.42. The summed E-state index contributed by atoms with van der Waals surface area (Å²) in [7, 11) is 1.53. The fourth-order valence-corrected chi connectivity index (χ4v) is 2.49. The van der Waals surface area contributed by atoms with Crippen LogP contribution >= 0.6 is 0 Å². The van der Waals surface area contributed by atoms with Crippen LogP contribution in [-0.2, 0) is 17.5 Å². The van der Waals surface area contributed by atoms with Crippen LogP contribution in [-0.4, -0.2) is 28.8 Å². The molecule has 0 radical (unpaired) electrons. The third-order valence-corrected chi connectivity index (χ3v) is 3.83. The van der Waals surface area contributed by atoms with Gasteiger partial charge in [0.2, 0.25) is 5.91 Å². The van der Waals surface area contributed by atoms with Crippen molar-refractivity contribution in [2.24, 2.45) is 0 Å². The fourth-order valence-electron chi connectivity index (χ4n) is 2.49. The molecule has 0 aliphatic carbocycles. The zero-order valence-electron chi connectivity index (χ0n) is 14.8. The van der Waals surface area contributed by atoms with Crippen LogP contribution in [0.2, 0.25) is 0 Å². The first-order chi connectivity index (χ1) is 12.5. The van der Waals surface area contributed by atoms with E-state index in [1.807, 2.05) is 0 Å². The van der Waals surface area contributed by atoms with E-state index < -0.39 is 34.3 Å². The van der Waals surface area contributed by atoms with Crippen molar-refractivity contribution in [3.05, 3.63) is 57.5 Å². The number of aryl methyl sites for hydroxylation is 1. The molecule has 2 rings (SSSR count). The van der Waals surface area contributed by atoms with Gasteiger partial charge in [0.05, 0.1) is 17.0 Å². The molecular weight excluding hydrogens is 367 g/mol. The molecule has 10 heteroatoms. The van der Waals surface area contributed by atoms with Crippen LogP contribution in [0.1, 0.15) is 24.0 Å². The molecule has 0 spiro atoms. The number of nitro benzene ring substituents is 1. The standard InChI is InChI=1S/C17H18F3N3O4/c1-10-4-6-13(27-10)9-22(3)16(24)11(2)21-14-7-5-12(17(18,19)20)8-15(14)23(25)26/h4-8,11,21H,9H2,1-3H3/t11-/m1/s1. The smallest absolute Gasteiger partial charge is 0.416 e. The highest BCUT2D eigenvalue weighted by molar-refractivity contribution is 5.85. The topological polar surface area (TPSA) is 88.6 Å². The second kappa shape index (κ2) is 7.68. The molecule has 0 fully saturated rings. The second-order valence-electron chi connectivity index (χ2n) is 6.06. The van der Waals surface area contributed by atoms with Gasteiger partial charge in [0.15, 0.2) is 0 Å². The predicted molar refractivity (Wildman–Crippen MR) is 91.1 cm³/mol. The monoisotopic (exact) mass is 385 g/mol. The molecule has 0 saturated heterocycles. The Kier molecular flexibility index (Phi) is 5.77. The van der Waals surface area contributed by atoms with Crippen LogP contribution in [0.4, 0.5) is 24.5 Å². The molecule has 0 saturated carbocycles. The fraction of sp³-hybridized carbons (Fsp3) is 0.353. The van der Waals surface area contributed by atoms with E-state index in [-0.39, 0.29) is 12.2 Å². The number of alkyl halides is 3. The van der Waals surface area contributed by atoms with Gasteiger partial charge in [0.25, 0.3) is 5.69 Å². The first-order valence-electron chi connectivity index (χ1n) is 7.91. The first kappa shape index (κ1) is 20.3. The van der Waals surface area contributed by atoms with Crippen molar-refractivity contribution in [1.82, 2.24) is 4.90 Å². The molecule has 27 heavy (non-hydrogen) atoms. The molecule has 1 atom stereocenters. The number of carbonyl (C=O) groups is 1. The summed E-state index contributed by atoms with van der Waals surface area (Å²) in [5, 5.41) is 13.7. The van der Waals surface area contributed by atoms with Crippen molar-refractivity contribution in [3.63, 3.8) is 0 Å². The zero-order valence-corrected chi connectivity index (χ0v) is 14.8. The van der Waals surface area contributed by atoms with E-state index >= 15 is 0 Å². The number of hydrogen-bond donors (Lipinski definition) is 1. The predicted octanol–water partition coefficient (Wildman–Crippen LogP) is 3.97. The Morgan fingerprint density at radius 2 is 2.00 bits per heavy atom. The summed E-state index contributed by atoms with van der Waals surface area (Å²) in [5.41, 5.74) is -2.06. The molecule has 0 aliphatic rings. The Morgan fingerprint density at radius 1 is 1.33 bits per heavy atom. The van der Waals surface area contributed by atoms with Gasteiger partial charge in [-0.15, -0.1) is 0 Å². The van der Waals surface area contributed by atoms with Crippen LogP contribution in [0.5, 0.6) is 0 Å². The van der Waals surface area contributed by atoms with Gasteiger partial charge in [-0.3, -0.25) is 14.9 Å². The molecule has 146 valence electrons. The van der Waals surface area contributed by atoms with Gasteiger partial charge >= 0.3 is 6.18 Å². The molecule has 2 aromatic rings. The van der Waals surface area contributed by atoms with Crippen molar-refractivity contribution in [2.75, 3.05) is 12.4 Å². The molecule has 0 bridgehead atoms. The van der Waals surface area contributed by atoms with Gasteiger partial charge in [0.1, 0.15) is 23.2 Å². The molecule has 1 heterocycles. The molecule has 1 aromatic carbocycles. The Morgan fingerprint density at radius 3 is 2.52 bits per heavy atom. The normalized spacial score (nSPS) is 12.5. The number of nitrogens with one attached hydrogen (secondary N) is 1. The van der Waals surface area contributed by atoms with E-state index in [2.05, 4.69) is 5.32 Å². The maximum absolute atomic E-state index is 12.8. The Labute approximate surface area is 152 Å². The van der Waals surface area contributed by atoms with Gasteiger partial charge in [-0.2, -0.15) is 13.2 Å². The third kappa shape index (κ3) is 4.99. The number of anilines is 1. The van der Waals surface area contributed by atoms with Crippen molar-refractivity contribution in [3.8, 4) is 0 Å². The van der Waals surface area contributed by atoms with Gasteiger partial charge < -0.3 is 14.6 Å². The minimum Gasteiger partial charge on any atom is -0.464 e. The zero-order chi connectivity index (χ0) is 20.4. The number of likely N-dealkylation sites (N-methyl/N-ethyl adjacent to an activating group) is 1. The summed E-state index contributed by atoms with van der Waals surface area (Å²) >= 11 is 0. The maximum Gasteiger partial charge on any atom is 0.416 e. The van der Waals surface area contributed by atoms with E-state index in [0.29, 0.717) is 17.6 Å². The van der Waals surface area contributed by atoms with Crippen LogP contribution in [0.25, 0.3) is 0 Å². The van der Waals surface area contributed by atoms with E-state index in [0.717, 1.165) is 12.1 Å². The number of halogens is 3. The number of nitrogens with zero attached hydrogens (tertiary/aromatic N) is 2. The van der Waals surface area contributed by atoms with Crippen molar-refractivity contribution in [1.29, 1.82) is 0 Å². The summed E-state index contributed by atoms with van der Waals surface area (Å²) in [6, 6.07) is 4.68. The lowest BCUT2D eigenvalue weighted by Crippen LogP contribution is -2.38. The Bertz CT molecular complexity index is 848. The summed E-state index contributed by atoms with van der Waals surface area (Å²) in [5.74, 6) is 0.853. The SMILES string of the molecule is Cc1ccc(CN(C)C(=O)[C@@H](C)Nc2ccc(C(F)(F)F)cc2[N+](=O)[O-])o1. The van der Waals surface area contributed by atoms with Crippen LogP contribution in [0.15, 0.2) is 34.7 Å². The second-order valence-corrected chi connectivity index (χ2v) is 6.06. The Hall–Kier alpha value is -3.04. The van der Waals surface area contributed by atoms with E-state index in [4.69, 9.17) is 4.42 Å². The van der Waals surface area contributed by atoms with Gasteiger partial charge in [-0.05, 0) is 38.1 Å². The highest BCUT2D eigenvalue weighted by Crippen LogP contribution is 2.35. The minimum atomic E-state index is -4.70. The summed E-state index contributed by atoms with van der Waals surface area (Å²) < 4.78 is 43.7. The molecular formula is C17H18F3N3O4. The van der Waals surface area contributed by atoms with Crippen molar-refractivity contribution < 1.29 is 27.3 Å². The lowest BCUT2D eigenvalue weighted by molar-refractivity contribution is -0.384. The minimum absolute atomic E-state index is 0.170. The summed E-state index contributed by atoms with van der Waals surface area (Å²) in [4.78, 5) is 24.0. The molecule has 1 aromatic heterocycles. The quantitative estimate of drug-likeness (QED) is 0.600. The maximum atomic E-state index is 12.8. The number of furan rings is 1. The largest absolute Gasteiger partial charge is 0.464 e. The first-order valence-corrected chi connectivity index (χ1v) is 7.91. The Balaban J connectivity index is 2.15. The molecule has 7 nitrogen and oxygen atoms in total. The average molecular weight is 385 g/mol. The number of hydrogen-bond acceptors (Lipinski definition) is 5. The van der Waals surface area contributed by atoms with Gasteiger partial charge in [-0.1, -0.05) is 0 Å². The number of carbonyl (C=O) groups excluding carboxylic acids is 1. The van der Waals surface area contributed by atoms with Crippen molar-refractivity contribution in [2.45, 2.75) is 32.6 Å². The highest BCUT2D eigenvalue weighted by atomic mass is 19.4. The molecule has 1 amide bonds. The summed E-state index contributed by atoms with van der Waals surface area (Å²) in [6.07, 6.45) is -4.70. The molecule has 1 N–H and O–H groups in total. The van der Waals surface area contributed by atoms with Crippen LogP contribution in [0.3, 0.4) is 0 Å². The van der Waals surface area contributed by atoms with E-state index in [9.17, 15) is 28.1 Å². The molecule has 0 aliphatic heterocycles. The van der Waals surface area contributed by atoms with Gasteiger partial charge in [-0.25, -0.2) is 0 Å². The van der Waals surface area contributed by atoms with E-state index in [1.165, 1.54) is 18.9 Å². The lowest BCUT2D eigenvalue weighted by atomic mass is 10.1. The van der Waals surface area contributed by atoms with Crippen molar-refractivity contribution >= 4 is 17.3 Å². The van der Waals surface area contributed by atoms with Crippen LogP contribution in [0, 0.1) is 17.0 Å². The average Bonchev–Trinajstić information content (AvgIpc) is 2.97. The molecule has 0 unspecified atom stereocenters. The van der Waals surface area contributed by atoms with E-state index in [1.54, 1.807) is 19.1 Å². The van der Waals surface area contributed by atoms with Crippen LogP contribution < -0.4 is 5.32 Å². The number of rotatable bonds is 6. The lowest BCUT2D eigenvalue weighted by Gasteiger charge is -2.22. The number of benzene rings is 1. The third-order valence-electron chi connectivity index (χ3n) is 3.83. The number of amides is 1.